The van der Waals surface area contributed by atoms with Gasteiger partial charge in [-0.15, -0.1) is 0 Å². The van der Waals surface area contributed by atoms with Crippen molar-refractivity contribution in [2.45, 2.75) is 32.5 Å². The van der Waals surface area contributed by atoms with Crippen LogP contribution < -0.4 is 0 Å². The summed E-state index contributed by atoms with van der Waals surface area (Å²) in [6, 6.07) is 0. The Bertz CT molecular complexity index is 361. The van der Waals surface area contributed by atoms with Crippen LogP contribution in [0.2, 0.25) is 0 Å². The lowest BCUT2D eigenvalue weighted by Gasteiger charge is -2.12. The van der Waals surface area contributed by atoms with Crippen LogP contribution in [0.25, 0.3) is 0 Å². The highest BCUT2D eigenvalue weighted by atomic mass is 32.1. The van der Waals surface area contributed by atoms with E-state index < -0.39 is 12.7 Å². The van der Waals surface area contributed by atoms with E-state index in [1.54, 1.807) is 0 Å². The van der Waals surface area contributed by atoms with Crippen molar-refractivity contribution in [1.29, 1.82) is 0 Å². The number of aromatic amines is 1. The van der Waals surface area contributed by atoms with Crippen molar-refractivity contribution in [3.8, 4) is 0 Å². The van der Waals surface area contributed by atoms with Crippen LogP contribution in [-0.4, -0.2) is 15.7 Å². The second-order valence-electron chi connectivity index (χ2n) is 3.37. The van der Waals surface area contributed by atoms with E-state index in [2.05, 4.69) is 4.98 Å². The van der Waals surface area contributed by atoms with Gasteiger partial charge in [-0.2, -0.15) is 13.2 Å². The van der Waals surface area contributed by atoms with Gasteiger partial charge >= 0.3 is 6.18 Å². The average molecular weight is 224 g/mol. The molecule has 0 atom stereocenters. The van der Waals surface area contributed by atoms with Crippen LogP contribution in [0.4, 0.5) is 13.2 Å². The summed E-state index contributed by atoms with van der Waals surface area (Å²) >= 11 is 4.77. The first kappa shape index (κ1) is 11.3. The Balaban J connectivity index is 3.06. The SMILES string of the molecule is CC(C)c1c[nH]c(=S)n1CC(F)(F)F. The molecule has 0 aliphatic rings. The highest BCUT2D eigenvalue weighted by Gasteiger charge is 2.29. The molecule has 0 aliphatic heterocycles. The predicted molar refractivity (Wildman–Crippen MR) is 49.8 cm³/mol. The highest BCUT2D eigenvalue weighted by Crippen LogP contribution is 2.22. The van der Waals surface area contributed by atoms with Crippen LogP contribution in [0.1, 0.15) is 25.5 Å². The van der Waals surface area contributed by atoms with Crippen molar-refractivity contribution < 1.29 is 13.2 Å². The summed E-state index contributed by atoms with van der Waals surface area (Å²) in [6.07, 6.45) is -2.71. The number of halogens is 3. The molecule has 0 amide bonds. The van der Waals surface area contributed by atoms with Gasteiger partial charge in [0.25, 0.3) is 0 Å². The second kappa shape index (κ2) is 3.76. The van der Waals surface area contributed by atoms with Crippen LogP contribution in [0.5, 0.6) is 0 Å². The molecule has 14 heavy (non-hydrogen) atoms. The molecule has 0 unspecified atom stereocenters. The fraction of sp³-hybridized carbons (Fsp3) is 0.625. The minimum absolute atomic E-state index is 0.0188. The van der Waals surface area contributed by atoms with Crippen LogP contribution in [0.3, 0.4) is 0 Å². The van der Waals surface area contributed by atoms with Crippen LogP contribution in [0.15, 0.2) is 6.20 Å². The van der Waals surface area contributed by atoms with Crippen molar-refractivity contribution in [3.63, 3.8) is 0 Å². The van der Waals surface area contributed by atoms with Gasteiger partial charge in [-0.1, -0.05) is 13.8 Å². The second-order valence-corrected chi connectivity index (χ2v) is 3.76. The zero-order valence-electron chi connectivity index (χ0n) is 7.85. The lowest BCUT2D eigenvalue weighted by atomic mass is 10.1. The third-order valence-electron chi connectivity index (χ3n) is 1.83. The smallest absolute Gasteiger partial charge is 0.337 e. The molecule has 1 aromatic heterocycles. The Morgan fingerprint density at radius 2 is 2.07 bits per heavy atom. The van der Waals surface area contributed by atoms with E-state index >= 15 is 0 Å². The maximum Gasteiger partial charge on any atom is 0.406 e. The molecular formula is C8H11F3N2S. The molecule has 2 nitrogen and oxygen atoms in total. The molecular weight excluding hydrogens is 213 g/mol. The number of nitrogens with zero attached hydrogens (tertiary/aromatic N) is 1. The van der Waals surface area contributed by atoms with Crippen molar-refractivity contribution in [2.24, 2.45) is 0 Å². The molecule has 0 bridgehead atoms. The summed E-state index contributed by atoms with van der Waals surface area (Å²) in [7, 11) is 0. The predicted octanol–water partition coefficient (Wildman–Crippen LogP) is 3.23. The highest BCUT2D eigenvalue weighted by molar-refractivity contribution is 7.71. The Morgan fingerprint density at radius 1 is 1.50 bits per heavy atom. The first-order valence-corrected chi connectivity index (χ1v) is 4.57. The molecule has 80 valence electrons. The van der Waals surface area contributed by atoms with Gasteiger partial charge in [-0.25, -0.2) is 0 Å². The van der Waals surface area contributed by atoms with Crippen LogP contribution in [-0.2, 0) is 6.54 Å². The number of H-pyrrole nitrogens is 1. The Hall–Kier alpha value is -0.780. The molecule has 6 heteroatoms. The van der Waals surface area contributed by atoms with Gasteiger partial charge < -0.3 is 9.55 Å². The monoisotopic (exact) mass is 224 g/mol. The average Bonchev–Trinajstić information content (AvgIpc) is 2.29. The molecule has 0 aromatic carbocycles. The van der Waals surface area contributed by atoms with E-state index in [1.165, 1.54) is 6.20 Å². The first-order valence-electron chi connectivity index (χ1n) is 4.16. The van der Waals surface area contributed by atoms with E-state index in [-0.39, 0.29) is 10.7 Å². The van der Waals surface area contributed by atoms with Gasteiger partial charge in [0.15, 0.2) is 4.77 Å². The van der Waals surface area contributed by atoms with Gasteiger partial charge in [0.1, 0.15) is 6.54 Å². The third kappa shape index (κ3) is 2.60. The molecule has 0 saturated carbocycles. The zero-order chi connectivity index (χ0) is 10.9. The Kier molecular flexibility index (Phi) is 3.04. The summed E-state index contributed by atoms with van der Waals surface area (Å²) in [6.45, 7) is 2.62. The van der Waals surface area contributed by atoms with Crippen molar-refractivity contribution in [2.75, 3.05) is 0 Å². The normalized spacial score (nSPS) is 12.4. The number of rotatable bonds is 2. The van der Waals surface area contributed by atoms with E-state index in [0.29, 0.717) is 5.69 Å². The molecule has 0 spiro atoms. The maximum atomic E-state index is 12.2. The van der Waals surface area contributed by atoms with Gasteiger partial charge in [0, 0.05) is 11.9 Å². The molecule has 0 saturated heterocycles. The first-order chi connectivity index (χ1) is 6.31. The van der Waals surface area contributed by atoms with Crippen molar-refractivity contribution >= 4 is 12.2 Å². The molecule has 0 aliphatic carbocycles. The summed E-state index contributed by atoms with van der Waals surface area (Å²) < 4.78 is 37.7. The fourth-order valence-corrected chi connectivity index (χ4v) is 1.46. The summed E-state index contributed by atoms with van der Waals surface area (Å²) in [4.78, 5) is 2.62. The molecule has 1 rings (SSSR count). The summed E-state index contributed by atoms with van der Waals surface area (Å²) in [5.74, 6) is 0.0188. The summed E-state index contributed by atoms with van der Waals surface area (Å²) in [5.41, 5.74) is 0.576. The van der Waals surface area contributed by atoms with E-state index in [4.69, 9.17) is 12.2 Å². The van der Waals surface area contributed by atoms with Crippen molar-refractivity contribution in [3.05, 3.63) is 16.7 Å². The largest absolute Gasteiger partial charge is 0.406 e. The van der Waals surface area contributed by atoms with Crippen molar-refractivity contribution in [1.82, 2.24) is 9.55 Å². The molecule has 1 N–H and O–H groups in total. The Morgan fingerprint density at radius 3 is 2.50 bits per heavy atom. The third-order valence-corrected chi connectivity index (χ3v) is 2.17. The number of imidazole rings is 1. The number of aromatic nitrogens is 2. The fourth-order valence-electron chi connectivity index (χ4n) is 1.23. The molecule has 0 radical (unpaired) electrons. The van der Waals surface area contributed by atoms with E-state index in [1.807, 2.05) is 13.8 Å². The molecule has 1 aromatic rings. The van der Waals surface area contributed by atoms with Gasteiger partial charge in [-0.05, 0) is 18.1 Å². The van der Waals surface area contributed by atoms with Gasteiger partial charge in [-0.3, -0.25) is 0 Å². The topological polar surface area (TPSA) is 20.7 Å². The van der Waals surface area contributed by atoms with Gasteiger partial charge in [0.2, 0.25) is 0 Å². The minimum Gasteiger partial charge on any atom is -0.337 e. The summed E-state index contributed by atoms with van der Waals surface area (Å²) in [5, 5.41) is 0. The van der Waals surface area contributed by atoms with Crippen LogP contribution in [0, 0.1) is 4.77 Å². The zero-order valence-corrected chi connectivity index (χ0v) is 8.67. The number of alkyl halides is 3. The number of hydrogen-bond acceptors (Lipinski definition) is 1. The Labute approximate surface area is 84.8 Å². The van der Waals surface area contributed by atoms with E-state index in [0.717, 1.165) is 4.57 Å². The number of nitrogens with one attached hydrogen (secondary N) is 1. The minimum atomic E-state index is -4.23. The molecule has 1 heterocycles. The van der Waals surface area contributed by atoms with E-state index in [9.17, 15) is 13.2 Å². The lowest BCUT2D eigenvalue weighted by molar-refractivity contribution is -0.141. The van der Waals surface area contributed by atoms with Gasteiger partial charge in [0.05, 0.1) is 0 Å². The quantitative estimate of drug-likeness (QED) is 0.765. The van der Waals surface area contributed by atoms with Crippen LogP contribution >= 0.6 is 12.2 Å². The standard InChI is InChI=1S/C8H11F3N2S/c1-5(2)6-3-12-7(14)13(6)4-8(9,10)11/h3,5H,4H2,1-2H3,(H,12,14). The maximum absolute atomic E-state index is 12.2. The number of hydrogen-bond donors (Lipinski definition) is 1. The lowest BCUT2D eigenvalue weighted by Crippen LogP contribution is -2.19. The molecule has 0 fully saturated rings.